The SMILES string of the molecule is O=Cc1cccnc1S(=O)(=O)c1ccc(COc2ccc(F)cc2F)cc1. The van der Waals surface area contributed by atoms with Crippen LogP contribution in [-0.4, -0.2) is 19.7 Å². The molecule has 5 nitrogen and oxygen atoms in total. The van der Waals surface area contributed by atoms with E-state index in [2.05, 4.69) is 4.98 Å². The molecule has 0 fully saturated rings. The van der Waals surface area contributed by atoms with Crippen molar-refractivity contribution in [1.82, 2.24) is 4.98 Å². The van der Waals surface area contributed by atoms with Crippen molar-refractivity contribution in [2.45, 2.75) is 16.5 Å². The highest BCUT2D eigenvalue weighted by atomic mass is 32.2. The van der Waals surface area contributed by atoms with Crippen LogP contribution in [0.3, 0.4) is 0 Å². The number of carbonyl (C=O) groups excluding carboxylic acids is 1. The lowest BCUT2D eigenvalue weighted by molar-refractivity contribution is 0.112. The van der Waals surface area contributed by atoms with Crippen molar-refractivity contribution >= 4 is 16.1 Å². The van der Waals surface area contributed by atoms with Crippen LogP contribution in [0, 0.1) is 11.6 Å². The van der Waals surface area contributed by atoms with Gasteiger partial charge in [-0.25, -0.2) is 22.2 Å². The van der Waals surface area contributed by atoms with Gasteiger partial charge in [-0.2, -0.15) is 0 Å². The van der Waals surface area contributed by atoms with Crippen molar-refractivity contribution in [2.24, 2.45) is 0 Å². The van der Waals surface area contributed by atoms with Crippen molar-refractivity contribution in [3.63, 3.8) is 0 Å². The maximum Gasteiger partial charge on any atom is 0.224 e. The zero-order chi connectivity index (χ0) is 19.4. The van der Waals surface area contributed by atoms with Crippen LogP contribution in [0.4, 0.5) is 8.78 Å². The first-order valence-electron chi connectivity index (χ1n) is 7.74. The largest absolute Gasteiger partial charge is 0.486 e. The highest BCUT2D eigenvalue weighted by molar-refractivity contribution is 7.91. The van der Waals surface area contributed by atoms with E-state index in [1.807, 2.05) is 0 Å². The van der Waals surface area contributed by atoms with Gasteiger partial charge in [0.1, 0.15) is 12.4 Å². The highest BCUT2D eigenvalue weighted by Crippen LogP contribution is 2.23. The molecule has 0 saturated heterocycles. The fourth-order valence-corrected chi connectivity index (χ4v) is 3.69. The Kier molecular flexibility index (Phi) is 5.27. The summed E-state index contributed by atoms with van der Waals surface area (Å²) >= 11 is 0. The lowest BCUT2D eigenvalue weighted by Gasteiger charge is -2.09. The molecule has 0 aliphatic rings. The molecule has 0 aliphatic heterocycles. The second-order valence-electron chi connectivity index (χ2n) is 5.53. The Bertz CT molecular complexity index is 1080. The average Bonchev–Trinajstić information content (AvgIpc) is 2.67. The number of hydrogen-bond donors (Lipinski definition) is 0. The van der Waals surface area contributed by atoms with Crippen LogP contribution in [0.5, 0.6) is 5.75 Å². The quantitative estimate of drug-likeness (QED) is 0.603. The van der Waals surface area contributed by atoms with Gasteiger partial charge in [-0.1, -0.05) is 12.1 Å². The number of nitrogens with zero attached hydrogens (tertiary/aromatic N) is 1. The summed E-state index contributed by atoms with van der Waals surface area (Å²) in [7, 11) is -3.96. The van der Waals surface area contributed by atoms with Crippen LogP contribution in [0.1, 0.15) is 15.9 Å². The molecule has 0 bridgehead atoms. The number of hydrogen-bond acceptors (Lipinski definition) is 5. The van der Waals surface area contributed by atoms with Gasteiger partial charge >= 0.3 is 0 Å². The predicted molar refractivity (Wildman–Crippen MR) is 92.2 cm³/mol. The van der Waals surface area contributed by atoms with Crippen LogP contribution in [0.15, 0.2) is 70.7 Å². The molecule has 0 atom stereocenters. The Morgan fingerprint density at radius 3 is 2.44 bits per heavy atom. The average molecular weight is 389 g/mol. The minimum absolute atomic E-state index is 0.0308. The third-order valence-corrected chi connectivity index (χ3v) is 5.45. The molecule has 0 unspecified atom stereocenters. The van der Waals surface area contributed by atoms with Crippen molar-refractivity contribution in [1.29, 1.82) is 0 Å². The van der Waals surface area contributed by atoms with E-state index in [9.17, 15) is 22.0 Å². The number of rotatable bonds is 6. The van der Waals surface area contributed by atoms with Crippen LogP contribution < -0.4 is 4.74 Å². The minimum Gasteiger partial charge on any atom is -0.486 e. The first-order valence-corrected chi connectivity index (χ1v) is 9.22. The molecule has 0 aliphatic carbocycles. The smallest absolute Gasteiger partial charge is 0.224 e. The lowest BCUT2D eigenvalue weighted by atomic mass is 10.2. The summed E-state index contributed by atoms with van der Waals surface area (Å²) in [6.07, 6.45) is 1.72. The normalized spacial score (nSPS) is 11.2. The zero-order valence-electron chi connectivity index (χ0n) is 13.8. The van der Waals surface area contributed by atoms with Crippen molar-refractivity contribution < 1.29 is 26.7 Å². The summed E-state index contributed by atoms with van der Waals surface area (Å²) in [4.78, 5) is 14.8. The molecular formula is C19H13F2NO4S. The van der Waals surface area contributed by atoms with Gasteiger partial charge in [-0.15, -0.1) is 0 Å². The molecule has 3 rings (SSSR count). The summed E-state index contributed by atoms with van der Waals surface area (Å²) in [6, 6.07) is 11.5. The summed E-state index contributed by atoms with van der Waals surface area (Å²) in [6.45, 7) is -0.0357. The van der Waals surface area contributed by atoms with Gasteiger partial charge in [0.15, 0.2) is 22.9 Å². The molecule has 27 heavy (non-hydrogen) atoms. The summed E-state index contributed by atoms with van der Waals surface area (Å²) < 4.78 is 57.0. The van der Waals surface area contributed by atoms with E-state index in [-0.39, 0.29) is 27.8 Å². The Balaban J connectivity index is 1.79. The molecule has 1 heterocycles. The van der Waals surface area contributed by atoms with Gasteiger partial charge in [0.05, 0.1) is 10.5 Å². The van der Waals surface area contributed by atoms with E-state index >= 15 is 0 Å². The van der Waals surface area contributed by atoms with E-state index in [1.165, 1.54) is 48.7 Å². The lowest BCUT2D eigenvalue weighted by Crippen LogP contribution is -2.08. The van der Waals surface area contributed by atoms with E-state index < -0.39 is 21.5 Å². The maximum absolute atomic E-state index is 13.6. The molecule has 0 N–H and O–H groups in total. The van der Waals surface area contributed by atoms with Crippen molar-refractivity contribution in [2.75, 3.05) is 0 Å². The number of carbonyl (C=O) groups is 1. The Morgan fingerprint density at radius 2 is 1.78 bits per heavy atom. The van der Waals surface area contributed by atoms with Gasteiger partial charge in [-0.05, 0) is 42.0 Å². The number of pyridine rings is 1. The standard InChI is InChI=1S/C19H13F2NO4S/c20-15-5-8-18(17(21)10-15)26-12-13-3-6-16(7-4-13)27(24,25)19-14(11-23)2-1-9-22-19/h1-11H,12H2. The second-order valence-corrected chi connectivity index (χ2v) is 7.39. The van der Waals surface area contributed by atoms with Crippen molar-refractivity contribution in [3.8, 4) is 5.75 Å². The van der Waals surface area contributed by atoms with E-state index in [0.29, 0.717) is 17.9 Å². The first kappa shape index (κ1) is 18.7. The third kappa shape index (κ3) is 4.01. The van der Waals surface area contributed by atoms with Crippen molar-refractivity contribution in [3.05, 3.63) is 83.6 Å². The molecule has 8 heteroatoms. The van der Waals surface area contributed by atoms with E-state index in [0.717, 1.165) is 6.07 Å². The summed E-state index contributed by atoms with van der Waals surface area (Å²) in [5, 5.41) is -0.322. The van der Waals surface area contributed by atoms with E-state index in [4.69, 9.17) is 4.74 Å². The summed E-state index contributed by atoms with van der Waals surface area (Å²) in [5.74, 6) is -1.65. The number of aldehydes is 1. The van der Waals surface area contributed by atoms with Gasteiger partial charge < -0.3 is 4.74 Å². The molecule has 0 radical (unpaired) electrons. The predicted octanol–water partition coefficient (Wildman–Crippen LogP) is 3.58. The zero-order valence-corrected chi connectivity index (χ0v) is 14.6. The van der Waals surface area contributed by atoms with Crippen LogP contribution >= 0.6 is 0 Å². The summed E-state index contributed by atoms with van der Waals surface area (Å²) in [5.41, 5.74) is 0.547. The minimum atomic E-state index is -3.96. The highest BCUT2D eigenvalue weighted by Gasteiger charge is 2.22. The molecule has 0 spiro atoms. The number of aromatic nitrogens is 1. The number of halogens is 2. The fourth-order valence-electron chi connectivity index (χ4n) is 2.35. The van der Waals surface area contributed by atoms with Gasteiger partial charge in [-0.3, -0.25) is 4.79 Å². The van der Waals surface area contributed by atoms with Gasteiger partial charge in [0.2, 0.25) is 9.84 Å². The Hall–Kier alpha value is -3.13. The Morgan fingerprint density at radius 1 is 1.04 bits per heavy atom. The molecule has 2 aromatic carbocycles. The maximum atomic E-state index is 13.6. The van der Waals surface area contributed by atoms with Crippen LogP contribution in [0.25, 0.3) is 0 Å². The second kappa shape index (κ2) is 7.63. The Labute approximate surface area is 154 Å². The number of ether oxygens (including phenoxy) is 1. The van der Waals surface area contributed by atoms with Crippen LogP contribution in [0.2, 0.25) is 0 Å². The van der Waals surface area contributed by atoms with E-state index in [1.54, 1.807) is 0 Å². The molecule has 0 amide bonds. The number of benzene rings is 2. The first-order chi connectivity index (χ1) is 12.9. The molecular weight excluding hydrogens is 376 g/mol. The molecule has 3 aromatic rings. The molecule has 1 aromatic heterocycles. The number of sulfone groups is 1. The molecule has 138 valence electrons. The van der Waals surface area contributed by atoms with Gasteiger partial charge in [0.25, 0.3) is 0 Å². The fraction of sp³-hybridized carbons (Fsp3) is 0.0526. The van der Waals surface area contributed by atoms with Crippen LogP contribution in [-0.2, 0) is 16.4 Å². The monoisotopic (exact) mass is 389 g/mol. The van der Waals surface area contributed by atoms with Gasteiger partial charge in [0, 0.05) is 12.3 Å². The topological polar surface area (TPSA) is 73.3 Å². The third-order valence-electron chi connectivity index (χ3n) is 3.70. The molecule has 0 saturated carbocycles.